The number of nitrogen functional groups attached to an aromatic ring is 1. The van der Waals surface area contributed by atoms with E-state index in [0.717, 1.165) is 4.68 Å². The first kappa shape index (κ1) is 27.3. The number of methoxy groups -OCH3 is 1. The molecule has 204 valence electrons. The minimum absolute atomic E-state index is 0.0235. The number of amidine groups is 1. The maximum atomic E-state index is 15.8. The summed E-state index contributed by atoms with van der Waals surface area (Å²) in [5.41, 5.74) is 5.26. The van der Waals surface area contributed by atoms with Crippen LogP contribution in [-0.4, -0.2) is 50.3 Å². The predicted molar refractivity (Wildman–Crippen MR) is 138 cm³/mol. The van der Waals surface area contributed by atoms with Crippen molar-refractivity contribution in [2.24, 2.45) is 5.73 Å². The molecule has 0 aliphatic heterocycles. The lowest BCUT2D eigenvalue weighted by Crippen LogP contribution is -2.18. The van der Waals surface area contributed by atoms with E-state index in [-0.39, 0.29) is 51.7 Å². The summed E-state index contributed by atoms with van der Waals surface area (Å²) in [5.74, 6) is -2.05. The number of aromatic nitrogens is 5. The summed E-state index contributed by atoms with van der Waals surface area (Å²) < 4.78 is 32.5. The molecule has 4 rings (SSSR count). The second-order valence-electron chi connectivity index (χ2n) is 8.05. The number of nitrogens with zero attached hydrogens (tertiary/aromatic N) is 5. The van der Waals surface area contributed by atoms with Crippen LogP contribution in [0.4, 0.5) is 10.1 Å². The van der Waals surface area contributed by atoms with Crippen molar-refractivity contribution in [1.29, 1.82) is 10.7 Å². The van der Waals surface area contributed by atoms with Gasteiger partial charge in [-0.3, -0.25) is 15.2 Å². The molecular weight excluding hydrogens is 525 g/mol. The number of hydrogen-bond acceptors (Lipinski definition) is 11. The molecule has 1 unspecified atom stereocenters. The molecule has 0 saturated heterocycles. The molecule has 14 nitrogen and oxygen atoms in total. The van der Waals surface area contributed by atoms with Crippen molar-refractivity contribution >= 4 is 17.5 Å². The zero-order valence-corrected chi connectivity index (χ0v) is 21.1. The van der Waals surface area contributed by atoms with Crippen molar-refractivity contribution < 1.29 is 23.4 Å². The maximum absolute atomic E-state index is 15.8. The highest BCUT2D eigenvalue weighted by Crippen LogP contribution is 2.35. The van der Waals surface area contributed by atoms with E-state index >= 15 is 4.39 Å². The first-order chi connectivity index (χ1) is 19.2. The second-order valence-corrected chi connectivity index (χ2v) is 8.05. The Kier molecular flexibility index (Phi) is 7.99. The highest BCUT2D eigenvalue weighted by molar-refractivity contribution is 5.98. The summed E-state index contributed by atoms with van der Waals surface area (Å²) >= 11 is 0. The quantitative estimate of drug-likeness (QED) is 0.0974. The van der Waals surface area contributed by atoms with E-state index in [1.54, 1.807) is 12.1 Å². The molecule has 2 aromatic heterocycles. The summed E-state index contributed by atoms with van der Waals surface area (Å²) in [6.45, 7) is 0.751. The fraction of sp³-hybridized carbons (Fsp3) is 0.160. The van der Waals surface area contributed by atoms with Gasteiger partial charge >= 0.3 is 11.7 Å². The number of aromatic amines is 1. The minimum atomic E-state index is -1.20. The Morgan fingerprint density at radius 1 is 1.27 bits per heavy atom. The van der Waals surface area contributed by atoms with E-state index in [1.807, 2.05) is 0 Å². The molecule has 0 bridgehead atoms. The molecule has 0 fully saturated rings. The lowest BCUT2D eigenvalue weighted by Gasteiger charge is -2.21. The molecule has 0 amide bonds. The van der Waals surface area contributed by atoms with Gasteiger partial charge in [0.25, 0.3) is 5.95 Å². The van der Waals surface area contributed by atoms with Crippen molar-refractivity contribution in [2.75, 3.05) is 19.0 Å². The average Bonchev–Trinajstić information content (AvgIpc) is 3.32. The molecule has 15 heteroatoms. The van der Waals surface area contributed by atoms with Gasteiger partial charge in [-0.15, -0.1) is 9.78 Å². The maximum Gasteiger partial charge on any atom is 0.350 e. The number of hydrogen-bond donors (Lipinski definition) is 4. The van der Waals surface area contributed by atoms with Crippen LogP contribution in [0, 0.1) is 22.6 Å². The summed E-state index contributed by atoms with van der Waals surface area (Å²) in [4.78, 5) is 35.1. The van der Waals surface area contributed by atoms with E-state index in [2.05, 4.69) is 25.4 Å². The zero-order valence-electron chi connectivity index (χ0n) is 21.1. The Morgan fingerprint density at radius 3 is 2.67 bits per heavy atom. The molecule has 2 aromatic carbocycles. The standard InChI is InChI=1S/C25H22FN9O5/c1-13(36)40-18-10-14(4-5-16(18)22(28)29)32-21(17-11-15(38-2)12-19(20(17)26)39-9-6-27)23-33-25(37)35(34-23)24-30-7-3-8-31-24/h3-5,7-8,10-12,21,32H,9H2,1-2H3,(H3,28,29)(H,33,34,37). The number of nitrogens with two attached hydrogens (primary N) is 1. The third-order valence-corrected chi connectivity index (χ3v) is 5.37. The molecule has 4 aromatic rings. The normalized spacial score (nSPS) is 11.2. The lowest BCUT2D eigenvalue weighted by atomic mass is 10.0. The Labute approximate surface area is 225 Å². The van der Waals surface area contributed by atoms with Crippen LogP contribution in [0.5, 0.6) is 17.2 Å². The summed E-state index contributed by atoms with van der Waals surface area (Å²) in [7, 11) is 1.36. The van der Waals surface area contributed by atoms with Gasteiger partial charge in [-0.05, 0) is 24.3 Å². The van der Waals surface area contributed by atoms with Crippen LogP contribution in [0.15, 0.2) is 53.6 Å². The number of rotatable bonds is 10. The molecule has 0 aliphatic carbocycles. The van der Waals surface area contributed by atoms with Crippen molar-refractivity contribution in [3.05, 3.63) is 82.0 Å². The van der Waals surface area contributed by atoms with Crippen LogP contribution in [0.2, 0.25) is 0 Å². The molecule has 40 heavy (non-hydrogen) atoms. The number of nitrogens with one attached hydrogen (secondary N) is 3. The second kappa shape index (κ2) is 11.7. The highest BCUT2D eigenvalue weighted by atomic mass is 19.1. The number of esters is 1. The number of carbonyl (C=O) groups excluding carboxylic acids is 1. The van der Waals surface area contributed by atoms with E-state index < -0.39 is 30.1 Å². The monoisotopic (exact) mass is 547 g/mol. The van der Waals surface area contributed by atoms with Gasteiger partial charge in [0.05, 0.1) is 12.7 Å². The number of carbonyl (C=O) groups is 1. The van der Waals surface area contributed by atoms with Crippen molar-refractivity contribution in [2.45, 2.75) is 13.0 Å². The SMILES string of the molecule is COc1cc(OCC#N)c(F)c(C(Nc2ccc(C(=N)N)c(OC(C)=O)c2)c2nn(-c3ncccn3)c(=O)[nH]2)c1. The average molecular weight is 548 g/mol. The molecule has 0 aliphatic rings. The molecule has 0 radical (unpaired) electrons. The fourth-order valence-electron chi connectivity index (χ4n) is 3.68. The van der Waals surface area contributed by atoms with Crippen molar-refractivity contribution in [3.8, 4) is 29.3 Å². The van der Waals surface area contributed by atoms with Crippen LogP contribution in [-0.2, 0) is 4.79 Å². The van der Waals surface area contributed by atoms with Gasteiger partial charge in [-0.2, -0.15) is 5.26 Å². The van der Waals surface area contributed by atoms with Gasteiger partial charge in [0, 0.05) is 42.7 Å². The van der Waals surface area contributed by atoms with Crippen LogP contribution in [0.3, 0.4) is 0 Å². The van der Waals surface area contributed by atoms with E-state index in [1.165, 1.54) is 56.8 Å². The van der Waals surface area contributed by atoms with Crippen LogP contribution in [0.1, 0.15) is 29.9 Å². The van der Waals surface area contributed by atoms with Gasteiger partial charge in [-0.25, -0.2) is 19.2 Å². The number of ether oxygens (including phenoxy) is 3. The Balaban J connectivity index is 1.89. The minimum Gasteiger partial charge on any atom is -0.497 e. The molecule has 5 N–H and O–H groups in total. The number of halogens is 1. The van der Waals surface area contributed by atoms with Gasteiger partial charge in [0.2, 0.25) is 0 Å². The molecular formula is C25H22FN9O5. The van der Waals surface area contributed by atoms with Gasteiger partial charge in [0.15, 0.2) is 24.0 Å². The number of nitriles is 1. The summed E-state index contributed by atoms with van der Waals surface area (Å²) in [6.07, 6.45) is 2.85. The van der Waals surface area contributed by atoms with Crippen LogP contribution < -0.4 is 31.0 Å². The highest BCUT2D eigenvalue weighted by Gasteiger charge is 2.27. The Morgan fingerprint density at radius 2 is 2.02 bits per heavy atom. The molecule has 0 spiro atoms. The lowest BCUT2D eigenvalue weighted by molar-refractivity contribution is -0.131. The largest absolute Gasteiger partial charge is 0.497 e. The number of anilines is 1. The Hall–Kier alpha value is -5.78. The molecule has 2 heterocycles. The van der Waals surface area contributed by atoms with E-state index in [9.17, 15) is 9.59 Å². The smallest absolute Gasteiger partial charge is 0.350 e. The third kappa shape index (κ3) is 5.86. The van der Waals surface area contributed by atoms with Gasteiger partial charge < -0.3 is 25.3 Å². The first-order valence-corrected chi connectivity index (χ1v) is 11.5. The van der Waals surface area contributed by atoms with Crippen LogP contribution in [0.25, 0.3) is 5.95 Å². The van der Waals surface area contributed by atoms with Crippen LogP contribution >= 0.6 is 0 Å². The zero-order chi connectivity index (χ0) is 28.8. The predicted octanol–water partition coefficient (Wildman–Crippen LogP) is 1.81. The third-order valence-electron chi connectivity index (χ3n) is 5.37. The van der Waals surface area contributed by atoms with Crippen molar-refractivity contribution in [3.63, 3.8) is 0 Å². The van der Waals surface area contributed by atoms with Gasteiger partial charge in [-0.1, -0.05) is 0 Å². The van der Waals surface area contributed by atoms with E-state index in [0.29, 0.717) is 0 Å². The van der Waals surface area contributed by atoms with Crippen molar-refractivity contribution in [1.82, 2.24) is 24.7 Å². The topological polar surface area (TPSA) is 207 Å². The summed E-state index contributed by atoms with van der Waals surface area (Å²) in [6, 6.07) is 9.09. The van der Waals surface area contributed by atoms with Gasteiger partial charge in [0.1, 0.15) is 29.4 Å². The Bertz CT molecular complexity index is 1660. The number of benzene rings is 2. The number of H-pyrrole nitrogens is 1. The summed E-state index contributed by atoms with van der Waals surface area (Å²) in [5, 5.41) is 24.0. The first-order valence-electron chi connectivity index (χ1n) is 11.5. The van der Waals surface area contributed by atoms with E-state index in [4.69, 9.17) is 30.6 Å². The molecule has 1 atom stereocenters. The molecule has 0 saturated carbocycles. The fourth-order valence-corrected chi connectivity index (χ4v) is 3.68.